The van der Waals surface area contributed by atoms with Crippen LogP contribution in [0.5, 0.6) is 0 Å². The zero-order valence-electron chi connectivity index (χ0n) is 13.2. The fraction of sp³-hybridized carbons (Fsp3) is 0.375. The van der Waals surface area contributed by atoms with Gasteiger partial charge in [0.25, 0.3) is 0 Å². The topological polar surface area (TPSA) is 92.3 Å². The van der Waals surface area contributed by atoms with Gasteiger partial charge in [-0.1, -0.05) is 6.07 Å². The van der Waals surface area contributed by atoms with Crippen molar-refractivity contribution in [3.63, 3.8) is 0 Å². The van der Waals surface area contributed by atoms with E-state index in [1.165, 1.54) is 12.8 Å². The number of nitrogens with zero attached hydrogens (tertiary/aromatic N) is 5. The number of nitrogens with two attached hydrogens (primary N) is 1. The van der Waals surface area contributed by atoms with E-state index in [0.717, 1.165) is 30.4 Å². The van der Waals surface area contributed by atoms with Crippen LogP contribution in [0.15, 0.2) is 35.5 Å². The summed E-state index contributed by atoms with van der Waals surface area (Å²) in [7, 11) is 0. The number of guanidine groups is 1. The molecule has 3 rings (SSSR count). The first-order chi connectivity index (χ1) is 11.2. The Morgan fingerprint density at radius 3 is 2.87 bits per heavy atom. The van der Waals surface area contributed by atoms with Gasteiger partial charge in [-0.25, -0.2) is 19.9 Å². The zero-order valence-corrected chi connectivity index (χ0v) is 13.2. The van der Waals surface area contributed by atoms with Crippen LogP contribution in [-0.4, -0.2) is 34.0 Å². The molecule has 0 spiro atoms. The number of aliphatic imine (C=N–C) groups is 1. The quantitative estimate of drug-likeness (QED) is 0.659. The van der Waals surface area contributed by atoms with Crippen LogP contribution in [0, 0.1) is 6.92 Å². The molecular weight excluding hydrogens is 290 g/mol. The van der Waals surface area contributed by atoms with Crippen LogP contribution < -0.4 is 16.0 Å². The minimum absolute atomic E-state index is 0.322. The molecule has 0 aromatic carbocycles. The van der Waals surface area contributed by atoms with Crippen LogP contribution in [-0.2, 0) is 6.54 Å². The molecule has 0 amide bonds. The lowest BCUT2D eigenvalue weighted by Crippen LogP contribution is -2.23. The minimum Gasteiger partial charge on any atom is -0.370 e. The van der Waals surface area contributed by atoms with Crippen molar-refractivity contribution in [2.24, 2.45) is 10.7 Å². The molecule has 7 nitrogen and oxygen atoms in total. The van der Waals surface area contributed by atoms with Crippen LogP contribution in [0.2, 0.25) is 0 Å². The summed E-state index contributed by atoms with van der Waals surface area (Å²) in [5.74, 6) is 1.79. The first-order valence-electron chi connectivity index (χ1n) is 7.78. The summed E-state index contributed by atoms with van der Waals surface area (Å²) in [6.07, 6.45) is 4.10. The summed E-state index contributed by atoms with van der Waals surface area (Å²) < 4.78 is 0. The predicted octanol–water partition coefficient (Wildman–Crippen LogP) is 1.71. The Kier molecular flexibility index (Phi) is 4.65. The highest BCUT2D eigenvalue weighted by atomic mass is 15.3. The molecule has 0 unspecified atom stereocenters. The Bertz CT molecular complexity index is 678. The fourth-order valence-corrected chi connectivity index (χ4v) is 2.53. The number of aryl methyl sites for hydroxylation is 1. The van der Waals surface area contributed by atoms with Crippen molar-refractivity contribution < 1.29 is 0 Å². The highest BCUT2D eigenvalue weighted by Gasteiger charge is 2.15. The van der Waals surface area contributed by atoms with Crippen molar-refractivity contribution in [3.8, 4) is 0 Å². The van der Waals surface area contributed by atoms with Crippen LogP contribution in [0.25, 0.3) is 0 Å². The maximum atomic E-state index is 5.90. The van der Waals surface area contributed by atoms with E-state index in [9.17, 15) is 0 Å². The Labute approximate surface area is 135 Å². The third kappa shape index (κ3) is 4.15. The van der Waals surface area contributed by atoms with Crippen molar-refractivity contribution in [3.05, 3.63) is 41.9 Å². The molecule has 1 saturated heterocycles. The molecular formula is C16H21N7. The van der Waals surface area contributed by atoms with E-state index < -0.39 is 0 Å². The lowest BCUT2D eigenvalue weighted by Gasteiger charge is -2.16. The van der Waals surface area contributed by atoms with E-state index in [-0.39, 0.29) is 0 Å². The lowest BCUT2D eigenvalue weighted by molar-refractivity contribution is 0.857. The van der Waals surface area contributed by atoms with Crippen molar-refractivity contribution in [1.82, 2.24) is 15.0 Å². The molecule has 7 heteroatoms. The fourth-order valence-electron chi connectivity index (χ4n) is 2.53. The smallest absolute Gasteiger partial charge is 0.225 e. The van der Waals surface area contributed by atoms with E-state index in [1.807, 2.05) is 31.2 Å². The van der Waals surface area contributed by atoms with Crippen molar-refractivity contribution in [1.29, 1.82) is 0 Å². The predicted molar refractivity (Wildman–Crippen MR) is 91.4 cm³/mol. The average molecular weight is 311 g/mol. The molecule has 3 N–H and O–H groups in total. The summed E-state index contributed by atoms with van der Waals surface area (Å²) in [6.45, 7) is 4.44. The van der Waals surface area contributed by atoms with Crippen molar-refractivity contribution in [2.45, 2.75) is 26.3 Å². The summed E-state index contributed by atoms with van der Waals surface area (Å²) in [6, 6.07) is 7.51. The Morgan fingerprint density at radius 2 is 2.13 bits per heavy atom. The summed E-state index contributed by atoms with van der Waals surface area (Å²) in [5, 5.41) is 2.96. The SMILES string of the molecule is Cc1cc(CN=C(N)Nc2ccccn2)nc(N2CCCC2)n1. The van der Waals surface area contributed by atoms with Crippen molar-refractivity contribution >= 4 is 17.7 Å². The van der Waals surface area contributed by atoms with Gasteiger partial charge in [0.05, 0.1) is 12.2 Å². The van der Waals surface area contributed by atoms with Crippen LogP contribution in [0.1, 0.15) is 24.2 Å². The van der Waals surface area contributed by atoms with E-state index in [2.05, 4.69) is 30.2 Å². The first-order valence-corrected chi connectivity index (χ1v) is 7.78. The molecule has 2 aromatic heterocycles. The van der Waals surface area contributed by atoms with Gasteiger partial charge in [-0.15, -0.1) is 0 Å². The summed E-state index contributed by atoms with van der Waals surface area (Å²) in [5.41, 5.74) is 7.71. The number of hydrogen-bond acceptors (Lipinski definition) is 5. The van der Waals surface area contributed by atoms with Gasteiger partial charge >= 0.3 is 0 Å². The van der Waals surface area contributed by atoms with E-state index >= 15 is 0 Å². The molecule has 2 aromatic rings. The van der Waals surface area contributed by atoms with Crippen LogP contribution in [0.4, 0.5) is 11.8 Å². The highest BCUT2D eigenvalue weighted by molar-refractivity contribution is 5.91. The monoisotopic (exact) mass is 311 g/mol. The number of pyridine rings is 1. The molecule has 0 saturated carbocycles. The Morgan fingerprint density at radius 1 is 1.30 bits per heavy atom. The van der Waals surface area contributed by atoms with Gasteiger partial charge in [0.2, 0.25) is 5.95 Å². The van der Waals surface area contributed by atoms with Crippen LogP contribution in [0.3, 0.4) is 0 Å². The van der Waals surface area contributed by atoms with Gasteiger partial charge in [-0.05, 0) is 38.0 Å². The summed E-state index contributed by atoms with van der Waals surface area (Å²) in [4.78, 5) is 19.8. The van der Waals surface area contributed by atoms with E-state index in [0.29, 0.717) is 18.3 Å². The van der Waals surface area contributed by atoms with Gasteiger partial charge in [0, 0.05) is 25.0 Å². The van der Waals surface area contributed by atoms with Crippen molar-refractivity contribution in [2.75, 3.05) is 23.3 Å². The van der Waals surface area contributed by atoms with Gasteiger partial charge in [0.1, 0.15) is 5.82 Å². The second kappa shape index (κ2) is 7.04. The van der Waals surface area contributed by atoms with E-state index in [4.69, 9.17) is 5.73 Å². The number of anilines is 2. The van der Waals surface area contributed by atoms with Crippen LogP contribution >= 0.6 is 0 Å². The molecule has 1 fully saturated rings. The molecule has 0 aliphatic carbocycles. The Balaban J connectivity index is 1.68. The second-order valence-corrected chi connectivity index (χ2v) is 5.54. The molecule has 1 aliphatic rings. The standard InChI is InChI=1S/C16H21N7/c1-12-10-13(21-16(20-12)23-8-4-5-9-23)11-19-15(17)22-14-6-2-3-7-18-14/h2-3,6-7,10H,4-5,8-9,11H2,1H3,(H3,17,18,19,22). The number of hydrogen-bond donors (Lipinski definition) is 2. The lowest BCUT2D eigenvalue weighted by atomic mass is 10.3. The first kappa shape index (κ1) is 15.2. The molecule has 0 atom stereocenters. The molecule has 0 radical (unpaired) electrons. The average Bonchev–Trinajstić information content (AvgIpc) is 3.08. The normalized spacial score (nSPS) is 15.0. The Hall–Kier alpha value is -2.70. The van der Waals surface area contributed by atoms with Gasteiger partial charge in [-0.3, -0.25) is 0 Å². The molecule has 1 aliphatic heterocycles. The molecule has 0 bridgehead atoms. The third-order valence-corrected chi connectivity index (χ3v) is 3.62. The number of aromatic nitrogens is 3. The zero-order chi connectivity index (χ0) is 16.1. The molecule has 3 heterocycles. The van der Waals surface area contributed by atoms with Gasteiger partial charge < -0.3 is 16.0 Å². The minimum atomic E-state index is 0.322. The molecule has 120 valence electrons. The van der Waals surface area contributed by atoms with Gasteiger partial charge in [0.15, 0.2) is 5.96 Å². The highest BCUT2D eigenvalue weighted by Crippen LogP contribution is 2.17. The van der Waals surface area contributed by atoms with E-state index in [1.54, 1.807) is 6.20 Å². The third-order valence-electron chi connectivity index (χ3n) is 3.62. The largest absolute Gasteiger partial charge is 0.370 e. The van der Waals surface area contributed by atoms with Gasteiger partial charge in [-0.2, -0.15) is 0 Å². The molecule has 23 heavy (non-hydrogen) atoms. The second-order valence-electron chi connectivity index (χ2n) is 5.54. The maximum Gasteiger partial charge on any atom is 0.225 e. The summed E-state index contributed by atoms with van der Waals surface area (Å²) >= 11 is 0. The number of rotatable bonds is 4. The maximum absolute atomic E-state index is 5.90. The number of nitrogens with one attached hydrogen (secondary N) is 1.